The van der Waals surface area contributed by atoms with Crippen LogP contribution in [0.1, 0.15) is 27.2 Å². The highest BCUT2D eigenvalue weighted by Crippen LogP contribution is 2.35. The van der Waals surface area contributed by atoms with E-state index in [4.69, 9.17) is 16.7 Å². The Kier molecular flexibility index (Phi) is 6.33. The lowest BCUT2D eigenvalue weighted by molar-refractivity contribution is -0.138. The predicted molar refractivity (Wildman–Crippen MR) is 100 cm³/mol. The van der Waals surface area contributed by atoms with Crippen molar-refractivity contribution in [3.8, 4) is 0 Å². The summed E-state index contributed by atoms with van der Waals surface area (Å²) in [5.74, 6) is -1.16. The molecular formula is C20H15ClF5NO3. The fourth-order valence-electron chi connectivity index (χ4n) is 3.27. The number of nitrogens with zero attached hydrogens (tertiary/aromatic N) is 1. The second-order valence-electron chi connectivity index (χ2n) is 6.47. The zero-order chi connectivity index (χ0) is 22.1. The van der Waals surface area contributed by atoms with E-state index < -0.39 is 24.3 Å². The minimum absolute atomic E-state index is 0.00231. The van der Waals surface area contributed by atoms with Crippen LogP contribution in [0.3, 0.4) is 0 Å². The van der Waals surface area contributed by atoms with Gasteiger partial charge in [-0.3, -0.25) is 0 Å². The monoisotopic (exact) mass is 447 g/mol. The SMILES string of the molecule is O=C(O)c1ccc2c(c1)cc(Cc1ccc(Cl)cc1C(F)(F)F)n2CCOC(F)F. The van der Waals surface area contributed by atoms with Crippen molar-refractivity contribution in [3.05, 3.63) is 69.9 Å². The van der Waals surface area contributed by atoms with Crippen molar-refractivity contribution < 1.29 is 36.6 Å². The highest BCUT2D eigenvalue weighted by atomic mass is 35.5. The number of halogens is 6. The molecule has 1 heterocycles. The van der Waals surface area contributed by atoms with E-state index in [0.717, 1.165) is 6.07 Å². The largest absolute Gasteiger partial charge is 0.478 e. The summed E-state index contributed by atoms with van der Waals surface area (Å²) in [7, 11) is 0. The van der Waals surface area contributed by atoms with E-state index >= 15 is 0 Å². The van der Waals surface area contributed by atoms with Gasteiger partial charge in [0.2, 0.25) is 0 Å². The van der Waals surface area contributed by atoms with E-state index in [2.05, 4.69) is 4.74 Å². The number of hydrogen-bond donors (Lipinski definition) is 1. The van der Waals surface area contributed by atoms with Gasteiger partial charge in [0.25, 0.3) is 0 Å². The van der Waals surface area contributed by atoms with Crippen molar-refractivity contribution in [2.45, 2.75) is 25.8 Å². The molecular weight excluding hydrogens is 433 g/mol. The first kappa shape index (κ1) is 22.0. The molecule has 3 aromatic rings. The van der Waals surface area contributed by atoms with E-state index in [9.17, 15) is 26.7 Å². The van der Waals surface area contributed by atoms with Crippen LogP contribution in [-0.2, 0) is 23.9 Å². The maximum atomic E-state index is 13.4. The van der Waals surface area contributed by atoms with Gasteiger partial charge in [-0.1, -0.05) is 17.7 Å². The van der Waals surface area contributed by atoms with Crippen LogP contribution in [0.25, 0.3) is 10.9 Å². The Morgan fingerprint density at radius 2 is 1.87 bits per heavy atom. The average molecular weight is 448 g/mol. The van der Waals surface area contributed by atoms with Crippen molar-refractivity contribution in [2.75, 3.05) is 6.61 Å². The van der Waals surface area contributed by atoms with Gasteiger partial charge in [0, 0.05) is 34.6 Å². The Bertz CT molecular complexity index is 1080. The molecule has 0 unspecified atom stereocenters. The maximum absolute atomic E-state index is 13.4. The molecule has 4 nitrogen and oxygen atoms in total. The lowest BCUT2D eigenvalue weighted by Gasteiger charge is -2.15. The van der Waals surface area contributed by atoms with E-state index in [0.29, 0.717) is 16.6 Å². The van der Waals surface area contributed by atoms with Gasteiger partial charge in [0.05, 0.1) is 17.7 Å². The van der Waals surface area contributed by atoms with E-state index in [1.165, 1.54) is 34.9 Å². The molecule has 30 heavy (non-hydrogen) atoms. The van der Waals surface area contributed by atoms with Gasteiger partial charge in [-0.25, -0.2) is 4.79 Å². The molecule has 0 aliphatic heterocycles. The number of alkyl halides is 5. The summed E-state index contributed by atoms with van der Waals surface area (Å²) in [4.78, 5) is 11.2. The Labute approximate surface area is 172 Å². The van der Waals surface area contributed by atoms with E-state index in [1.54, 1.807) is 6.07 Å². The molecule has 0 saturated carbocycles. The number of benzene rings is 2. The van der Waals surface area contributed by atoms with Crippen molar-refractivity contribution in [2.24, 2.45) is 0 Å². The number of hydrogen-bond acceptors (Lipinski definition) is 2. The average Bonchev–Trinajstić information content (AvgIpc) is 2.98. The molecule has 160 valence electrons. The third kappa shape index (κ3) is 4.91. The fraction of sp³-hybridized carbons (Fsp3) is 0.250. The minimum atomic E-state index is -4.63. The predicted octanol–water partition coefficient (Wildman–Crippen LogP) is 5.84. The van der Waals surface area contributed by atoms with Crippen molar-refractivity contribution in [1.29, 1.82) is 0 Å². The van der Waals surface area contributed by atoms with E-state index in [1.807, 2.05) is 0 Å². The summed E-state index contributed by atoms with van der Waals surface area (Å²) < 4.78 is 70.8. The van der Waals surface area contributed by atoms with Crippen LogP contribution < -0.4 is 0 Å². The zero-order valence-corrected chi connectivity index (χ0v) is 16.0. The zero-order valence-electron chi connectivity index (χ0n) is 15.2. The van der Waals surface area contributed by atoms with Gasteiger partial charge < -0.3 is 14.4 Å². The van der Waals surface area contributed by atoms with Crippen LogP contribution in [0.15, 0.2) is 42.5 Å². The molecule has 2 aromatic carbocycles. The summed E-state index contributed by atoms with van der Waals surface area (Å²) in [6.07, 6.45) is -4.80. The maximum Gasteiger partial charge on any atom is 0.416 e. The Morgan fingerprint density at radius 1 is 1.13 bits per heavy atom. The summed E-state index contributed by atoms with van der Waals surface area (Å²) in [6, 6.07) is 9.15. The molecule has 3 rings (SSSR count). The van der Waals surface area contributed by atoms with Gasteiger partial charge in [-0.15, -0.1) is 0 Å². The second-order valence-corrected chi connectivity index (χ2v) is 6.91. The molecule has 0 amide bonds. The van der Waals surface area contributed by atoms with Crippen LogP contribution in [-0.4, -0.2) is 28.9 Å². The number of carboxylic acid groups (broad SMARTS) is 1. The second kappa shape index (κ2) is 8.61. The number of carbonyl (C=O) groups is 1. The van der Waals surface area contributed by atoms with Gasteiger partial charge in [0.15, 0.2) is 0 Å². The van der Waals surface area contributed by atoms with Crippen LogP contribution in [0.4, 0.5) is 22.0 Å². The summed E-state index contributed by atoms with van der Waals surface area (Å²) >= 11 is 5.72. The molecule has 0 saturated heterocycles. The summed E-state index contributed by atoms with van der Waals surface area (Å²) in [5.41, 5.74) is -0.0721. The fourth-order valence-corrected chi connectivity index (χ4v) is 3.44. The molecule has 0 atom stereocenters. The lowest BCUT2D eigenvalue weighted by atomic mass is 10.0. The molecule has 1 aromatic heterocycles. The summed E-state index contributed by atoms with van der Waals surface area (Å²) in [5, 5.41) is 9.56. The van der Waals surface area contributed by atoms with E-state index in [-0.39, 0.29) is 35.7 Å². The van der Waals surface area contributed by atoms with Crippen molar-refractivity contribution >= 4 is 28.5 Å². The van der Waals surface area contributed by atoms with Crippen molar-refractivity contribution in [1.82, 2.24) is 4.57 Å². The number of aromatic nitrogens is 1. The number of fused-ring (bicyclic) bond motifs is 1. The summed E-state index contributed by atoms with van der Waals surface area (Å²) in [6.45, 7) is -3.41. The number of ether oxygens (including phenoxy) is 1. The third-order valence-electron chi connectivity index (χ3n) is 4.54. The Morgan fingerprint density at radius 3 is 2.50 bits per heavy atom. The molecule has 10 heteroatoms. The van der Waals surface area contributed by atoms with Crippen LogP contribution in [0.2, 0.25) is 5.02 Å². The quantitative estimate of drug-likeness (QED) is 0.463. The van der Waals surface area contributed by atoms with Crippen molar-refractivity contribution in [3.63, 3.8) is 0 Å². The first-order chi connectivity index (χ1) is 14.1. The van der Waals surface area contributed by atoms with Crippen LogP contribution in [0, 0.1) is 0 Å². The molecule has 0 aliphatic rings. The number of carboxylic acids is 1. The molecule has 0 spiro atoms. The minimum Gasteiger partial charge on any atom is -0.478 e. The smallest absolute Gasteiger partial charge is 0.416 e. The Balaban J connectivity index is 2.07. The van der Waals surface area contributed by atoms with Crippen LogP contribution >= 0.6 is 11.6 Å². The first-order valence-corrected chi connectivity index (χ1v) is 9.05. The van der Waals surface area contributed by atoms with Crippen LogP contribution in [0.5, 0.6) is 0 Å². The lowest BCUT2D eigenvalue weighted by Crippen LogP contribution is -2.13. The number of rotatable bonds is 7. The molecule has 0 bridgehead atoms. The highest BCUT2D eigenvalue weighted by Gasteiger charge is 2.33. The highest BCUT2D eigenvalue weighted by molar-refractivity contribution is 6.30. The molecule has 0 radical (unpaired) electrons. The van der Waals surface area contributed by atoms with Gasteiger partial charge in [-0.2, -0.15) is 22.0 Å². The van der Waals surface area contributed by atoms with Gasteiger partial charge in [-0.05, 0) is 42.0 Å². The molecule has 0 fully saturated rings. The Hall–Kier alpha value is -2.65. The standard InChI is InChI=1S/C20H15ClF5NO3/c21-14-3-1-11(16(10-14)20(24,25)26)8-15-9-13-7-12(18(28)29)2-4-17(13)27(15)5-6-30-19(22)23/h1-4,7,9-10,19H,5-6,8H2,(H,28,29). The molecule has 0 aliphatic carbocycles. The third-order valence-corrected chi connectivity index (χ3v) is 4.78. The first-order valence-electron chi connectivity index (χ1n) is 8.67. The molecule has 1 N–H and O–H groups in total. The van der Waals surface area contributed by atoms with Gasteiger partial charge in [0.1, 0.15) is 0 Å². The number of aromatic carboxylic acids is 1. The normalized spacial score (nSPS) is 12.1. The topological polar surface area (TPSA) is 51.5 Å². The van der Waals surface area contributed by atoms with Gasteiger partial charge >= 0.3 is 18.8 Å².